The highest BCUT2D eigenvalue weighted by Crippen LogP contribution is 2.41. The fourth-order valence-corrected chi connectivity index (χ4v) is 4.18. The summed E-state index contributed by atoms with van der Waals surface area (Å²) in [4.78, 5) is 23.3. The molecule has 5 heteroatoms. The first kappa shape index (κ1) is 20.1. The minimum Gasteiger partial charge on any atom is -0.496 e. The van der Waals surface area contributed by atoms with Gasteiger partial charge < -0.3 is 15.8 Å². The number of primary amides is 1. The van der Waals surface area contributed by atoms with E-state index in [0.29, 0.717) is 18.0 Å². The molecule has 1 aliphatic rings. The van der Waals surface area contributed by atoms with E-state index >= 15 is 0 Å². The molecule has 0 aromatic heterocycles. The number of carbonyl (C=O) groups excluding carboxylic acids is 2. The Morgan fingerprint density at radius 1 is 1.18 bits per heavy atom. The molecule has 0 radical (unpaired) electrons. The van der Waals surface area contributed by atoms with Crippen molar-refractivity contribution in [3.8, 4) is 16.9 Å². The number of hydrogen-bond donors (Lipinski definition) is 2. The molecule has 148 valence electrons. The predicted molar refractivity (Wildman–Crippen MR) is 110 cm³/mol. The van der Waals surface area contributed by atoms with E-state index in [0.717, 1.165) is 54.4 Å². The number of carbonyl (C=O) groups is 2. The topological polar surface area (TPSA) is 81.4 Å². The van der Waals surface area contributed by atoms with Gasteiger partial charge in [-0.25, -0.2) is 0 Å². The summed E-state index contributed by atoms with van der Waals surface area (Å²) in [7, 11) is 3.61. The summed E-state index contributed by atoms with van der Waals surface area (Å²) in [5.41, 5.74) is 9.01. The molecule has 2 aromatic carbocycles. The number of ether oxygens (including phenoxy) is 1. The summed E-state index contributed by atoms with van der Waals surface area (Å²) >= 11 is 0. The van der Waals surface area contributed by atoms with E-state index in [1.54, 1.807) is 19.2 Å². The van der Waals surface area contributed by atoms with Crippen molar-refractivity contribution in [2.75, 3.05) is 14.2 Å². The molecule has 5 nitrogen and oxygen atoms in total. The molecular weight excluding hydrogens is 352 g/mol. The second-order valence-corrected chi connectivity index (χ2v) is 7.65. The lowest BCUT2D eigenvalue weighted by Gasteiger charge is -2.38. The predicted octanol–water partition coefficient (Wildman–Crippen LogP) is 3.35. The molecule has 0 atom stereocenters. The molecule has 3 rings (SSSR count). The molecule has 0 spiro atoms. The van der Waals surface area contributed by atoms with Crippen LogP contribution in [0.5, 0.6) is 5.75 Å². The van der Waals surface area contributed by atoms with Gasteiger partial charge in [0.15, 0.2) is 0 Å². The first-order valence-corrected chi connectivity index (χ1v) is 9.71. The Labute approximate surface area is 166 Å². The Balaban J connectivity index is 1.92. The van der Waals surface area contributed by atoms with Crippen LogP contribution in [0.4, 0.5) is 0 Å². The highest BCUT2D eigenvalue weighted by molar-refractivity contribution is 5.82. The lowest BCUT2D eigenvalue weighted by molar-refractivity contribution is -0.129. The molecule has 1 fully saturated rings. The molecule has 0 aliphatic heterocycles. The minimum absolute atomic E-state index is 0.232. The highest BCUT2D eigenvalue weighted by atomic mass is 16.5. The van der Waals surface area contributed by atoms with Crippen LogP contribution < -0.4 is 15.8 Å². The molecule has 2 aromatic rings. The SMILES string of the molecule is CNC1CCC(Cc2cc(-c3ccc(C=O)cc3)ccc2OC)(C(N)=O)CC1. The van der Waals surface area contributed by atoms with E-state index in [4.69, 9.17) is 10.5 Å². The summed E-state index contributed by atoms with van der Waals surface area (Å²) in [6.45, 7) is 0. The number of hydrogen-bond acceptors (Lipinski definition) is 4. The monoisotopic (exact) mass is 380 g/mol. The van der Waals surface area contributed by atoms with Crippen LogP contribution in [0.3, 0.4) is 0 Å². The fourth-order valence-electron chi connectivity index (χ4n) is 4.18. The Morgan fingerprint density at radius 3 is 2.36 bits per heavy atom. The van der Waals surface area contributed by atoms with Gasteiger partial charge in [-0.05, 0) is 68.0 Å². The van der Waals surface area contributed by atoms with Crippen LogP contribution in [0, 0.1) is 5.41 Å². The number of aldehydes is 1. The van der Waals surface area contributed by atoms with Crippen molar-refractivity contribution < 1.29 is 14.3 Å². The van der Waals surface area contributed by atoms with Gasteiger partial charge in [-0.3, -0.25) is 9.59 Å². The maximum atomic E-state index is 12.4. The smallest absolute Gasteiger partial charge is 0.223 e. The van der Waals surface area contributed by atoms with Gasteiger partial charge in [0, 0.05) is 11.6 Å². The summed E-state index contributed by atoms with van der Waals surface area (Å²) in [5, 5.41) is 3.31. The normalized spacial score (nSPS) is 21.9. The first-order valence-electron chi connectivity index (χ1n) is 9.71. The zero-order chi connectivity index (χ0) is 20.1. The fraction of sp³-hybridized carbons (Fsp3) is 0.391. The average molecular weight is 380 g/mol. The summed E-state index contributed by atoms with van der Waals surface area (Å²) in [5.74, 6) is 0.537. The van der Waals surface area contributed by atoms with Gasteiger partial charge in [-0.2, -0.15) is 0 Å². The second kappa shape index (κ2) is 8.57. The highest BCUT2D eigenvalue weighted by Gasteiger charge is 2.40. The third-order valence-corrected chi connectivity index (χ3v) is 6.06. The van der Waals surface area contributed by atoms with Gasteiger partial charge in [-0.1, -0.05) is 30.3 Å². The zero-order valence-electron chi connectivity index (χ0n) is 16.5. The van der Waals surface area contributed by atoms with Crippen LogP contribution in [-0.2, 0) is 11.2 Å². The third kappa shape index (κ3) is 4.09. The number of methoxy groups -OCH3 is 1. The lowest BCUT2D eigenvalue weighted by atomic mass is 9.68. The molecule has 0 heterocycles. The van der Waals surface area contributed by atoms with Crippen molar-refractivity contribution in [3.05, 3.63) is 53.6 Å². The van der Waals surface area contributed by atoms with Gasteiger partial charge in [-0.15, -0.1) is 0 Å². The van der Waals surface area contributed by atoms with Crippen molar-refractivity contribution in [3.63, 3.8) is 0 Å². The van der Waals surface area contributed by atoms with Crippen molar-refractivity contribution >= 4 is 12.2 Å². The second-order valence-electron chi connectivity index (χ2n) is 7.65. The Kier molecular flexibility index (Phi) is 6.15. The summed E-state index contributed by atoms with van der Waals surface area (Å²) in [6.07, 6.45) is 4.83. The molecular formula is C23H28N2O3. The number of nitrogens with two attached hydrogens (primary N) is 1. The van der Waals surface area contributed by atoms with E-state index in [-0.39, 0.29) is 5.91 Å². The Bertz CT molecular complexity index is 837. The van der Waals surface area contributed by atoms with Crippen molar-refractivity contribution in [2.45, 2.75) is 38.1 Å². The van der Waals surface area contributed by atoms with E-state index in [9.17, 15) is 9.59 Å². The standard InChI is InChI=1S/C23H28N2O3/c1-25-20-9-11-23(12-10-20,22(24)27)14-19-13-18(7-8-21(19)28-2)17-5-3-16(15-26)4-6-17/h3-8,13,15,20,25H,9-12,14H2,1-2H3,(H2,24,27). The quantitative estimate of drug-likeness (QED) is 0.722. The van der Waals surface area contributed by atoms with E-state index < -0.39 is 5.41 Å². The van der Waals surface area contributed by atoms with Gasteiger partial charge in [0.2, 0.25) is 5.91 Å². The average Bonchev–Trinajstić information content (AvgIpc) is 2.74. The van der Waals surface area contributed by atoms with Gasteiger partial charge in [0.05, 0.1) is 12.5 Å². The number of nitrogens with one attached hydrogen (secondary N) is 1. The van der Waals surface area contributed by atoms with Crippen LogP contribution in [-0.4, -0.2) is 32.4 Å². The molecule has 1 amide bonds. The Hall–Kier alpha value is -2.66. The maximum absolute atomic E-state index is 12.4. The first-order chi connectivity index (χ1) is 13.5. The van der Waals surface area contributed by atoms with Crippen LogP contribution >= 0.6 is 0 Å². The van der Waals surface area contributed by atoms with Crippen molar-refractivity contribution in [1.82, 2.24) is 5.32 Å². The molecule has 0 saturated heterocycles. The van der Waals surface area contributed by atoms with Crippen LogP contribution in [0.1, 0.15) is 41.6 Å². The van der Waals surface area contributed by atoms with E-state index in [2.05, 4.69) is 11.4 Å². The van der Waals surface area contributed by atoms with Crippen LogP contribution in [0.15, 0.2) is 42.5 Å². The zero-order valence-corrected chi connectivity index (χ0v) is 16.5. The third-order valence-electron chi connectivity index (χ3n) is 6.06. The number of rotatable bonds is 7. The van der Waals surface area contributed by atoms with Crippen LogP contribution in [0.2, 0.25) is 0 Å². The molecule has 1 aliphatic carbocycles. The van der Waals surface area contributed by atoms with Gasteiger partial charge >= 0.3 is 0 Å². The largest absolute Gasteiger partial charge is 0.496 e. The summed E-state index contributed by atoms with van der Waals surface area (Å²) < 4.78 is 5.57. The Morgan fingerprint density at radius 2 is 1.82 bits per heavy atom. The van der Waals surface area contributed by atoms with E-state index in [1.165, 1.54) is 0 Å². The minimum atomic E-state index is -0.541. The molecule has 3 N–H and O–H groups in total. The molecule has 28 heavy (non-hydrogen) atoms. The van der Waals surface area contributed by atoms with Crippen molar-refractivity contribution in [2.24, 2.45) is 11.1 Å². The van der Waals surface area contributed by atoms with E-state index in [1.807, 2.05) is 31.3 Å². The maximum Gasteiger partial charge on any atom is 0.223 e. The number of amides is 1. The lowest BCUT2D eigenvalue weighted by Crippen LogP contribution is -2.45. The summed E-state index contributed by atoms with van der Waals surface area (Å²) in [6, 6.07) is 13.9. The molecule has 0 unspecified atom stereocenters. The number of benzene rings is 2. The van der Waals surface area contributed by atoms with Crippen LogP contribution in [0.25, 0.3) is 11.1 Å². The molecule has 1 saturated carbocycles. The van der Waals surface area contributed by atoms with Gasteiger partial charge in [0.1, 0.15) is 12.0 Å². The van der Waals surface area contributed by atoms with Crippen molar-refractivity contribution in [1.29, 1.82) is 0 Å². The van der Waals surface area contributed by atoms with Gasteiger partial charge in [0.25, 0.3) is 0 Å². The molecule has 0 bridgehead atoms.